The number of rotatable bonds is 3. The molecular formula is C11H18Cl2N4. The molecule has 0 bridgehead atoms. The molecule has 1 aliphatic rings. The third-order valence-corrected chi connectivity index (χ3v) is 3.21. The van der Waals surface area contributed by atoms with Crippen molar-refractivity contribution < 1.29 is 0 Å². The quantitative estimate of drug-likeness (QED) is 0.858. The summed E-state index contributed by atoms with van der Waals surface area (Å²) in [6.45, 7) is 3.29. The molecule has 0 saturated carbocycles. The molecule has 0 amide bonds. The highest BCUT2D eigenvalue weighted by Crippen LogP contribution is 2.18. The number of anilines is 1. The average molecular weight is 277 g/mol. The van der Waals surface area contributed by atoms with Crippen LogP contribution in [0.3, 0.4) is 0 Å². The fourth-order valence-electron chi connectivity index (χ4n) is 2.08. The Labute approximate surface area is 113 Å². The van der Waals surface area contributed by atoms with Crippen LogP contribution in [0.25, 0.3) is 0 Å². The molecule has 1 aliphatic heterocycles. The van der Waals surface area contributed by atoms with Crippen LogP contribution >= 0.6 is 24.0 Å². The van der Waals surface area contributed by atoms with Crippen LogP contribution in [0.5, 0.6) is 0 Å². The molecule has 0 aromatic carbocycles. The first-order valence-electron chi connectivity index (χ1n) is 5.65. The van der Waals surface area contributed by atoms with Gasteiger partial charge < -0.3 is 10.2 Å². The van der Waals surface area contributed by atoms with Crippen LogP contribution in [-0.2, 0) is 0 Å². The molecule has 1 aromatic heterocycles. The number of halogens is 2. The molecule has 0 unspecified atom stereocenters. The van der Waals surface area contributed by atoms with Gasteiger partial charge in [-0.1, -0.05) is 11.6 Å². The summed E-state index contributed by atoms with van der Waals surface area (Å²) in [4.78, 5) is 10.3. The number of nitrogens with zero attached hydrogens (tertiary/aromatic N) is 3. The monoisotopic (exact) mass is 276 g/mol. The van der Waals surface area contributed by atoms with Gasteiger partial charge in [-0.25, -0.2) is 9.97 Å². The Morgan fingerprint density at radius 1 is 1.41 bits per heavy atom. The molecule has 0 radical (unpaired) electrons. The second-order valence-electron chi connectivity index (χ2n) is 4.27. The van der Waals surface area contributed by atoms with Gasteiger partial charge in [0.05, 0.1) is 0 Å². The zero-order valence-corrected chi connectivity index (χ0v) is 11.5. The van der Waals surface area contributed by atoms with Gasteiger partial charge in [0.15, 0.2) is 0 Å². The second-order valence-corrected chi connectivity index (χ2v) is 4.66. The SMILES string of the molecule is CN(CC1CCNCC1)c1cc(Cl)ncn1.Cl. The molecule has 2 rings (SSSR count). The molecule has 1 aromatic rings. The van der Waals surface area contributed by atoms with E-state index in [4.69, 9.17) is 11.6 Å². The van der Waals surface area contributed by atoms with Crippen molar-refractivity contribution in [3.8, 4) is 0 Å². The van der Waals surface area contributed by atoms with Gasteiger partial charge in [-0.15, -0.1) is 12.4 Å². The van der Waals surface area contributed by atoms with Gasteiger partial charge in [0.25, 0.3) is 0 Å². The first-order valence-corrected chi connectivity index (χ1v) is 6.03. The lowest BCUT2D eigenvalue weighted by molar-refractivity contribution is 0.377. The highest BCUT2D eigenvalue weighted by molar-refractivity contribution is 6.29. The Hall–Kier alpha value is -0.580. The summed E-state index contributed by atoms with van der Waals surface area (Å²) < 4.78 is 0. The van der Waals surface area contributed by atoms with Gasteiger partial charge >= 0.3 is 0 Å². The maximum atomic E-state index is 5.84. The van der Waals surface area contributed by atoms with E-state index in [9.17, 15) is 0 Å². The van der Waals surface area contributed by atoms with Crippen molar-refractivity contribution in [2.24, 2.45) is 5.92 Å². The molecule has 1 saturated heterocycles. The third-order valence-electron chi connectivity index (χ3n) is 3.00. The lowest BCUT2D eigenvalue weighted by atomic mass is 9.98. The fraction of sp³-hybridized carbons (Fsp3) is 0.636. The summed E-state index contributed by atoms with van der Waals surface area (Å²) in [5.74, 6) is 1.65. The molecule has 0 spiro atoms. The van der Waals surface area contributed by atoms with Crippen LogP contribution in [0.1, 0.15) is 12.8 Å². The molecule has 1 N–H and O–H groups in total. The van der Waals surface area contributed by atoms with E-state index in [0.29, 0.717) is 5.15 Å². The summed E-state index contributed by atoms with van der Waals surface area (Å²) in [5, 5.41) is 3.87. The number of piperidine rings is 1. The van der Waals surface area contributed by atoms with Crippen LogP contribution in [0.2, 0.25) is 5.15 Å². The Morgan fingerprint density at radius 2 is 2.12 bits per heavy atom. The van der Waals surface area contributed by atoms with Crippen molar-refractivity contribution in [2.45, 2.75) is 12.8 Å². The van der Waals surface area contributed by atoms with Gasteiger partial charge in [0.1, 0.15) is 17.3 Å². The summed E-state index contributed by atoms with van der Waals surface area (Å²) >= 11 is 5.84. The smallest absolute Gasteiger partial charge is 0.134 e. The lowest BCUT2D eigenvalue weighted by Crippen LogP contribution is -2.34. The maximum absolute atomic E-state index is 5.84. The highest BCUT2D eigenvalue weighted by atomic mass is 35.5. The van der Waals surface area contributed by atoms with Gasteiger partial charge in [-0.05, 0) is 31.8 Å². The van der Waals surface area contributed by atoms with E-state index < -0.39 is 0 Å². The molecule has 4 nitrogen and oxygen atoms in total. The number of hydrogen-bond acceptors (Lipinski definition) is 4. The van der Waals surface area contributed by atoms with Crippen LogP contribution in [0.15, 0.2) is 12.4 Å². The summed E-state index contributed by atoms with van der Waals surface area (Å²) in [6, 6.07) is 1.81. The summed E-state index contributed by atoms with van der Waals surface area (Å²) in [5.41, 5.74) is 0. The van der Waals surface area contributed by atoms with Crippen molar-refractivity contribution in [3.63, 3.8) is 0 Å². The van der Waals surface area contributed by atoms with Crippen LogP contribution in [-0.4, -0.2) is 36.6 Å². The van der Waals surface area contributed by atoms with Gasteiger partial charge in [0, 0.05) is 19.7 Å². The van der Waals surface area contributed by atoms with E-state index in [1.165, 1.54) is 19.2 Å². The molecule has 17 heavy (non-hydrogen) atoms. The van der Waals surface area contributed by atoms with E-state index in [1.54, 1.807) is 0 Å². The fourth-order valence-corrected chi connectivity index (χ4v) is 2.22. The van der Waals surface area contributed by atoms with Gasteiger partial charge in [-0.3, -0.25) is 0 Å². The van der Waals surface area contributed by atoms with Crippen LogP contribution in [0, 0.1) is 5.92 Å². The van der Waals surface area contributed by atoms with Crippen molar-refractivity contribution in [1.82, 2.24) is 15.3 Å². The minimum atomic E-state index is 0. The van der Waals surface area contributed by atoms with E-state index in [2.05, 4.69) is 27.2 Å². The Kier molecular flexibility index (Phi) is 5.95. The van der Waals surface area contributed by atoms with Crippen molar-refractivity contribution in [3.05, 3.63) is 17.5 Å². The van der Waals surface area contributed by atoms with E-state index >= 15 is 0 Å². The Bertz CT molecular complexity index is 342. The van der Waals surface area contributed by atoms with Gasteiger partial charge in [-0.2, -0.15) is 0 Å². The van der Waals surface area contributed by atoms with Crippen LogP contribution in [0.4, 0.5) is 5.82 Å². The zero-order valence-electron chi connectivity index (χ0n) is 9.90. The van der Waals surface area contributed by atoms with Crippen LogP contribution < -0.4 is 10.2 Å². The molecule has 0 atom stereocenters. The predicted molar refractivity (Wildman–Crippen MR) is 73.2 cm³/mol. The van der Waals surface area contributed by atoms with E-state index in [0.717, 1.165) is 31.4 Å². The van der Waals surface area contributed by atoms with Crippen molar-refractivity contribution in [2.75, 3.05) is 31.6 Å². The standard InChI is InChI=1S/C11H17ClN4.ClH/c1-16(7-9-2-4-13-5-3-9)11-6-10(12)14-8-15-11;/h6,8-9,13H,2-5,7H2,1H3;1H. The topological polar surface area (TPSA) is 41.0 Å². The van der Waals surface area contributed by atoms with Crippen molar-refractivity contribution in [1.29, 1.82) is 0 Å². The molecule has 1 fully saturated rings. The first-order chi connectivity index (χ1) is 7.75. The largest absolute Gasteiger partial charge is 0.359 e. The van der Waals surface area contributed by atoms with E-state index in [-0.39, 0.29) is 12.4 Å². The van der Waals surface area contributed by atoms with Gasteiger partial charge in [0.2, 0.25) is 0 Å². The zero-order chi connectivity index (χ0) is 11.4. The molecule has 0 aliphatic carbocycles. The summed E-state index contributed by atoms with van der Waals surface area (Å²) in [6.07, 6.45) is 3.99. The maximum Gasteiger partial charge on any atom is 0.134 e. The molecule has 96 valence electrons. The minimum Gasteiger partial charge on any atom is -0.359 e. The average Bonchev–Trinajstić information content (AvgIpc) is 2.30. The second kappa shape index (κ2) is 6.99. The molecular weight excluding hydrogens is 259 g/mol. The highest BCUT2D eigenvalue weighted by Gasteiger charge is 2.15. The minimum absolute atomic E-state index is 0. The molecule has 2 heterocycles. The van der Waals surface area contributed by atoms with Crippen molar-refractivity contribution >= 4 is 29.8 Å². The first kappa shape index (κ1) is 14.5. The Balaban J connectivity index is 0.00000144. The Morgan fingerprint density at radius 3 is 2.76 bits per heavy atom. The normalized spacial score (nSPS) is 16.4. The summed E-state index contributed by atoms with van der Waals surface area (Å²) in [7, 11) is 2.06. The number of hydrogen-bond donors (Lipinski definition) is 1. The third kappa shape index (κ3) is 4.30. The number of nitrogens with one attached hydrogen (secondary N) is 1. The predicted octanol–water partition coefficient (Wildman–Crippen LogP) is 1.99. The molecule has 6 heteroatoms. The lowest BCUT2D eigenvalue weighted by Gasteiger charge is -2.28. The van der Waals surface area contributed by atoms with E-state index in [1.807, 2.05) is 6.07 Å². The number of aromatic nitrogens is 2.